The van der Waals surface area contributed by atoms with Crippen LogP contribution in [0.15, 0.2) is 72.3 Å². The molecule has 160 valence electrons. The second-order valence-electron chi connectivity index (χ2n) is 9.34. The molecule has 1 aliphatic heterocycles. The molecule has 1 N–H and O–H groups in total. The number of fused-ring (bicyclic) bond motifs is 4. The van der Waals surface area contributed by atoms with Gasteiger partial charge in [0, 0.05) is 29.3 Å². The first-order valence-electron chi connectivity index (χ1n) is 10.8. The van der Waals surface area contributed by atoms with Crippen molar-refractivity contribution >= 4 is 39.6 Å². The fourth-order valence-corrected chi connectivity index (χ4v) is 5.01. The normalized spacial score (nSPS) is 19.6. The predicted octanol–water partition coefficient (Wildman–Crippen LogP) is 6.40. The summed E-state index contributed by atoms with van der Waals surface area (Å²) in [6.07, 6.45) is 4.93. The van der Waals surface area contributed by atoms with E-state index in [1.807, 2.05) is 18.2 Å². The van der Waals surface area contributed by atoms with Crippen molar-refractivity contribution in [2.45, 2.75) is 32.7 Å². The molecule has 0 bridgehead atoms. The number of rotatable bonds is 3. The summed E-state index contributed by atoms with van der Waals surface area (Å²) in [6.45, 7) is 4.28. The van der Waals surface area contributed by atoms with Crippen LogP contribution in [-0.4, -0.2) is 16.7 Å². The molecular formula is C27H24N2O3. The van der Waals surface area contributed by atoms with Crippen molar-refractivity contribution in [2.75, 3.05) is 5.32 Å². The molecular weight excluding hydrogens is 400 g/mol. The fourth-order valence-electron chi connectivity index (χ4n) is 5.01. The van der Waals surface area contributed by atoms with E-state index in [4.69, 9.17) is 0 Å². The number of carbonyl (C=O) groups excluding carboxylic acids is 1. The molecule has 0 radical (unpaired) electrons. The Labute approximate surface area is 186 Å². The molecule has 5 heteroatoms. The molecule has 0 saturated carbocycles. The van der Waals surface area contributed by atoms with Crippen LogP contribution in [0.5, 0.6) is 0 Å². The number of Topliss-reactive ketones (excluding diaryl/α,β-unsaturated/α-hetero) is 1. The van der Waals surface area contributed by atoms with Gasteiger partial charge in [0.2, 0.25) is 0 Å². The predicted molar refractivity (Wildman–Crippen MR) is 128 cm³/mol. The second-order valence-corrected chi connectivity index (χ2v) is 9.34. The Morgan fingerprint density at radius 2 is 1.78 bits per heavy atom. The lowest BCUT2D eigenvalue weighted by Crippen LogP contribution is -2.36. The number of benzene rings is 3. The van der Waals surface area contributed by atoms with Crippen LogP contribution in [0, 0.1) is 15.5 Å². The van der Waals surface area contributed by atoms with Gasteiger partial charge in [-0.15, -0.1) is 0 Å². The minimum absolute atomic E-state index is 0.0521. The molecule has 3 aromatic carbocycles. The number of carbonyl (C=O) groups is 1. The molecule has 5 nitrogen and oxygen atoms in total. The molecule has 32 heavy (non-hydrogen) atoms. The van der Waals surface area contributed by atoms with E-state index in [1.165, 1.54) is 6.07 Å². The number of para-hydroxylation sites is 1. The van der Waals surface area contributed by atoms with E-state index in [1.54, 1.807) is 24.3 Å². The van der Waals surface area contributed by atoms with E-state index in [0.29, 0.717) is 12.0 Å². The number of ketones is 1. The molecule has 0 aromatic heterocycles. The Hall–Kier alpha value is -3.73. The summed E-state index contributed by atoms with van der Waals surface area (Å²) in [5.41, 5.74) is 4.43. The van der Waals surface area contributed by atoms with Crippen LogP contribution < -0.4 is 5.32 Å². The highest BCUT2D eigenvalue weighted by atomic mass is 16.6. The Bertz CT molecular complexity index is 1330. The molecule has 0 fully saturated rings. The highest BCUT2D eigenvalue weighted by molar-refractivity contribution is 6.13. The third kappa shape index (κ3) is 3.40. The van der Waals surface area contributed by atoms with Gasteiger partial charge in [0.1, 0.15) is 0 Å². The van der Waals surface area contributed by atoms with E-state index in [-0.39, 0.29) is 27.9 Å². The summed E-state index contributed by atoms with van der Waals surface area (Å²) < 4.78 is 0. The first-order valence-corrected chi connectivity index (χ1v) is 10.8. The van der Waals surface area contributed by atoms with Crippen LogP contribution in [0.1, 0.15) is 37.8 Å². The first kappa shape index (κ1) is 20.2. The van der Waals surface area contributed by atoms with Crippen LogP contribution in [0.4, 0.5) is 11.4 Å². The largest absolute Gasteiger partial charge is 0.374 e. The Kier molecular flexibility index (Phi) is 4.70. The Morgan fingerprint density at radius 1 is 1.03 bits per heavy atom. The third-order valence-electron chi connectivity index (χ3n) is 6.37. The van der Waals surface area contributed by atoms with Crippen LogP contribution >= 0.6 is 0 Å². The van der Waals surface area contributed by atoms with E-state index in [2.05, 4.69) is 43.4 Å². The van der Waals surface area contributed by atoms with Gasteiger partial charge in [-0.2, -0.15) is 0 Å². The number of nitrogens with one attached hydrogen (secondary N) is 1. The zero-order valence-corrected chi connectivity index (χ0v) is 18.1. The van der Waals surface area contributed by atoms with Gasteiger partial charge in [-0.05, 0) is 46.4 Å². The van der Waals surface area contributed by atoms with E-state index >= 15 is 0 Å². The number of nitro groups is 1. The zero-order valence-electron chi connectivity index (χ0n) is 18.1. The van der Waals surface area contributed by atoms with Crippen molar-refractivity contribution in [1.29, 1.82) is 0 Å². The van der Waals surface area contributed by atoms with E-state index in [9.17, 15) is 14.9 Å². The van der Waals surface area contributed by atoms with Crippen LogP contribution in [0.3, 0.4) is 0 Å². The van der Waals surface area contributed by atoms with Gasteiger partial charge in [-0.1, -0.05) is 62.4 Å². The van der Waals surface area contributed by atoms with Crippen molar-refractivity contribution in [3.63, 3.8) is 0 Å². The van der Waals surface area contributed by atoms with Crippen LogP contribution in [-0.2, 0) is 4.79 Å². The van der Waals surface area contributed by atoms with Crippen molar-refractivity contribution in [2.24, 2.45) is 5.41 Å². The number of nitro benzene ring substituents is 1. The maximum Gasteiger partial charge on any atom is 0.276 e. The summed E-state index contributed by atoms with van der Waals surface area (Å²) in [6, 6.07) is 18.7. The highest BCUT2D eigenvalue weighted by Crippen LogP contribution is 2.49. The van der Waals surface area contributed by atoms with Gasteiger partial charge in [0.05, 0.1) is 16.5 Å². The lowest BCUT2D eigenvalue weighted by atomic mass is 9.68. The zero-order chi connectivity index (χ0) is 22.5. The Balaban J connectivity index is 1.67. The summed E-state index contributed by atoms with van der Waals surface area (Å²) in [5.74, 6) is 0.138. The van der Waals surface area contributed by atoms with Crippen molar-refractivity contribution in [1.82, 2.24) is 0 Å². The second kappa shape index (κ2) is 7.45. The summed E-state index contributed by atoms with van der Waals surface area (Å²) in [7, 11) is 0. The Morgan fingerprint density at radius 3 is 2.59 bits per heavy atom. The molecule has 0 spiro atoms. The molecule has 3 aromatic rings. The lowest BCUT2D eigenvalue weighted by Gasteiger charge is -2.39. The summed E-state index contributed by atoms with van der Waals surface area (Å²) in [4.78, 5) is 24.4. The van der Waals surface area contributed by atoms with Crippen LogP contribution in [0.25, 0.3) is 22.4 Å². The quantitative estimate of drug-likeness (QED) is 0.390. The van der Waals surface area contributed by atoms with E-state index < -0.39 is 0 Å². The van der Waals surface area contributed by atoms with Gasteiger partial charge < -0.3 is 5.32 Å². The van der Waals surface area contributed by atoms with Gasteiger partial charge in [0.25, 0.3) is 5.69 Å². The molecule has 0 amide bonds. The van der Waals surface area contributed by atoms with Crippen LogP contribution in [0.2, 0.25) is 0 Å². The number of hydrogen-bond acceptors (Lipinski definition) is 4. The number of hydrogen-bond donors (Lipinski definition) is 1. The monoisotopic (exact) mass is 424 g/mol. The van der Waals surface area contributed by atoms with Gasteiger partial charge in [0.15, 0.2) is 5.78 Å². The van der Waals surface area contributed by atoms with Gasteiger partial charge in [-0.3, -0.25) is 14.9 Å². The topological polar surface area (TPSA) is 72.2 Å². The molecule has 1 atom stereocenters. The molecule has 1 unspecified atom stereocenters. The summed E-state index contributed by atoms with van der Waals surface area (Å²) in [5, 5.41) is 17.2. The number of nitrogens with zero attached hydrogens (tertiary/aromatic N) is 1. The minimum Gasteiger partial charge on any atom is -0.374 e. The van der Waals surface area contributed by atoms with Crippen molar-refractivity contribution in [3.8, 4) is 0 Å². The SMILES string of the molecule is CC1(C)CC(=O)C2=C(C1)c1c(ccc3ccccc13)NC2/C=C/c1ccccc1[N+](=O)[O-]. The average molecular weight is 425 g/mol. The molecule has 2 aliphatic rings. The standard InChI is InChI=1S/C27H24N2O3/c1-27(2)15-20-25-19-9-5-3-7-17(19)11-13-21(25)28-22(26(20)24(30)16-27)14-12-18-8-4-6-10-23(18)29(31)32/h3-14,22,28H,15-16H2,1-2H3/b14-12+. The average Bonchev–Trinajstić information content (AvgIpc) is 2.76. The first-order chi connectivity index (χ1) is 15.3. The minimum atomic E-state index is -0.381. The van der Waals surface area contributed by atoms with E-state index in [0.717, 1.165) is 39.6 Å². The molecule has 1 aliphatic carbocycles. The maximum absolute atomic E-state index is 13.3. The van der Waals surface area contributed by atoms with Crippen molar-refractivity contribution in [3.05, 3.63) is 93.6 Å². The van der Waals surface area contributed by atoms with Gasteiger partial charge >= 0.3 is 0 Å². The highest BCUT2D eigenvalue weighted by Gasteiger charge is 2.39. The van der Waals surface area contributed by atoms with Crippen molar-refractivity contribution < 1.29 is 9.72 Å². The molecule has 1 heterocycles. The maximum atomic E-state index is 13.3. The number of allylic oxidation sites excluding steroid dienone is 1. The number of anilines is 1. The molecule has 0 saturated heterocycles. The smallest absolute Gasteiger partial charge is 0.276 e. The fraction of sp³-hybridized carbons (Fsp3) is 0.222. The lowest BCUT2D eigenvalue weighted by molar-refractivity contribution is -0.385. The third-order valence-corrected chi connectivity index (χ3v) is 6.37. The summed E-state index contributed by atoms with van der Waals surface area (Å²) >= 11 is 0. The van der Waals surface area contributed by atoms with Gasteiger partial charge in [-0.25, -0.2) is 0 Å². The molecule has 5 rings (SSSR count).